The van der Waals surface area contributed by atoms with E-state index in [-0.39, 0.29) is 0 Å². The van der Waals surface area contributed by atoms with Gasteiger partial charge in [-0.3, -0.25) is 4.68 Å². The van der Waals surface area contributed by atoms with Crippen LogP contribution in [0.2, 0.25) is 0 Å². The average molecular weight is 325 g/mol. The van der Waals surface area contributed by atoms with Crippen LogP contribution in [0.5, 0.6) is 5.75 Å². The molecule has 0 amide bonds. The maximum absolute atomic E-state index is 5.39. The van der Waals surface area contributed by atoms with Crippen LogP contribution in [0.25, 0.3) is 23.0 Å². The number of hydrogen-bond acceptors (Lipinski definition) is 6. The van der Waals surface area contributed by atoms with Crippen LogP contribution in [0.1, 0.15) is 18.9 Å². The van der Waals surface area contributed by atoms with Crippen molar-refractivity contribution in [3.63, 3.8) is 0 Å². The number of piperidine rings is 1. The summed E-state index contributed by atoms with van der Waals surface area (Å²) in [6.07, 6.45) is 4.27. The molecule has 2 aromatic heterocycles. The summed E-state index contributed by atoms with van der Waals surface area (Å²) in [5, 5.41) is 12.1. The summed E-state index contributed by atoms with van der Waals surface area (Å²) >= 11 is 0. The molecule has 1 fully saturated rings. The molecule has 1 aliphatic heterocycles. The number of nitrogens with zero attached hydrogens (tertiary/aromatic N) is 4. The Bertz CT molecular complexity index is 820. The van der Waals surface area contributed by atoms with Gasteiger partial charge in [-0.25, -0.2) is 0 Å². The first-order chi connectivity index (χ1) is 11.8. The molecule has 1 atom stereocenters. The second kappa shape index (κ2) is 6.45. The number of rotatable bonds is 4. The molecule has 0 aliphatic carbocycles. The van der Waals surface area contributed by atoms with Gasteiger partial charge in [-0.15, -0.1) is 0 Å². The fourth-order valence-corrected chi connectivity index (χ4v) is 2.92. The van der Waals surface area contributed by atoms with Gasteiger partial charge in [0, 0.05) is 18.3 Å². The molecule has 1 aliphatic rings. The minimum absolute atomic E-state index is 0.383. The summed E-state index contributed by atoms with van der Waals surface area (Å²) < 4.78 is 12.6. The number of benzene rings is 1. The van der Waals surface area contributed by atoms with Crippen molar-refractivity contribution in [3.05, 3.63) is 36.5 Å². The zero-order valence-corrected chi connectivity index (χ0v) is 13.5. The van der Waals surface area contributed by atoms with Crippen LogP contribution in [-0.2, 0) is 0 Å². The van der Waals surface area contributed by atoms with Gasteiger partial charge in [0.25, 0.3) is 5.89 Å². The molecule has 0 saturated carbocycles. The largest absolute Gasteiger partial charge is 0.497 e. The van der Waals surface area contributed by atoms with Crippen LogP contribution >= 0.6 is 0 Å². The van der Waals surface area contributed by atoms with E-state index in [1.54, 1.807) is 7.11 Å². The summed E-state index contributed by atoms with van der Waals surface area (Å²) in [6, 6.07) is 9.87. The molecule has 24 heavy (non-hydrogen) atoms. The number of methoxy groups -OCH3 is 1. The van der Waals surface area contributed by atoms with Crippen LogP contribution in [0.4, 0.5) is 0 Å². The summed E-state index contributed by atoms with van der Waals surface area (Å²) in [7, 11) is 1.63. The molecule has 3 heterocycles. The Labute approximate surface area is 139 Å². The Morgan fingerprint density at radius 1 is 1.33 bits per heavy atom. The van der Waals surface area contributed by atoms with E-state index in [9.17, 15) is 0 Å². The summed E-state index contributed by atoms with van der Waals surface area (Å²) in [6.45, 7) is 2.03. The maximum atomic E-state index is 5.39. The van der Waals surface area contributed by atoms with E-state index in [2.05, 4.69) is 20.6 Å². The Morgan fingerprint density at radius 2 is 2.29 bits per heavy atom. The van der Waals surface area contributed by atoms with Gasteiger partial charge in [-0.2, -0.15) is 10.1 Å². The number of aromatic nitrogens is 4. The first kappa shape index (κ1) is 14.9. The standard InChI is InChI=1S/C17H19N5O2/c1-23-14-6-2-4-12(10-14)16-19-17(24-21-16)15-7-9-22(20-15)13-5-3-8-18-11-13/h2,4,6-7,9-10,13,18H,3,5,8,11H2,1H3. The van der Waals surface area contributed by atoms with Crippen LogP contribution in [0, 0.1) is 0 Å². The third-order valence-electron chi connectivity index (χ3n) is 4.23. The van der Waals surface area contributed by atoms with Crippen LogP contribution in [-0.4, -0.2) is 40.1 Å². The molecule has 3 aromatic rings. The highest BCUT2D eigenvalue weighted by atomic mass is 16.5. The zero-order valence-electron chi connectivity index (χ0n) is 13.5. The highest BCUT2D eigenvalue weighted by Crippen LogP contribution is 2.25. The fraction of sp³-hybridized carbons (Fsp3) is 0.353. The van der Waals surface area contributed by atoms with Crippen LogP contribution in [0.15, 0.2) is 41.1 Å². The molecular formula is C17H19N5O2. The van der Waals surface area contributed by atoms with Crippen molar-refractivity contribution in [1.29, 1.82) is 0 Å². The fourth-order valence-electron chi connectivity index (χ4n) is 2.92. The lowest BCUT2D eigenvalue weighted by molar-refractivity contribution is 0.346. The Hall–Kier alpha value is -2.67. The second-order valence-corrected chi connectivity index (χ2v) is 5.84. The third-order valence-corrected chi connectivity index (χ3v) is 4.23. The number of hydrogen-bond donors (Lipinski definition) is 1. The predicted molar refractivity (Wildman–Crippen MR) is 88.6 cm³/mol. The second-order valence-electron chi connectivity index (χ2n) is 5.84. The van der Waals surface area contributed by atoms with Crippen molar-refractivity contribution < 1.29 is 9.26 Å². The summed E-state index contributed by atoms with van der Waals surface area (Å²) in [5.74, 6) is 1.71. The SMILES string of the molecule is COc1cccc(-c2noc(-c3ccn(C4CCCNC4)n3)n2)c1. The molecule has 1 unspecified atom stereocenters. The lowest BCUT2D eigenvalue weighted by Crippen LogP contribution is -2.31. The van der Waals surface area contributed by atoms with Gasteiger partial charge in [0.05, 0.1) is 13.2 Å². The molecule has 0 bridgehead atoms. The molecule has 124 valence electrons. The zero-order chi connectivity index (χ0) is 16.4. The third kappa shape index (κ3) is 2.90. The van der Waals surface area contributed by atoms with E-state index in [4.69, 9.17) is 9.26 Å². The summed E-state index contributed by atoms with van der Waals surface area (Å²) in [5.41, 5.74) is 1.54. The molecular weight excluding hydrogens is 306 g/mol. The first-order valence-electron chi connectivity index (χ1n) is 8.08. The van der Waals surface area contributed by atoms with Gasteiger partial charge in [-0.1, -0.05) is 17.3 Å². The number of nitrogens with one attached hydrogen (secondary N) is 1. The lowest BCUT2D eigenvalue weighted by Gasteiger charge is -2.22. The molecule has 7 heteroatoms. The lowest BCUT2D eigenvalue weighted by atomic mass is 10.1. The Balaban J connectivity index is 1.57. The molecule has 1 N–H and O–H groups in total. The van der Waals surface area contributed by atoms with Gasteiger partial charge in [0.2, 0.25) is 5.82 Å². The summed E-state index contributed by atoms with van der Waals surface area (Å²) in [4.78, 5) is 4.46. The predicted octanol–water partition coefficient (Wildman–Crippen LogP) is 2.53. The smallest absolute Gasteiger partial charge is 0.278 e. The average Bonchev–Trinajstić information content (AvgIpc) is 3.32. The van der Waals surface area contributed by atoms with E-state index in [1.807, 2.05) is 41.2 Å². The monoisotopic (exact) mass is 325 g/mol. The van der Waals surface area contributed by atoms with Crippen molar-refractivity contribution >= 4 is 0 Å². The van der Waals surface area contributed by atoms with Crippen LogP contribution in [0.3, 0.4) is 0 Å². The van der Waals surface area contributed by atoms with E-state index in [0.29, 0.717) is 23.5 Å². The van der Waals surface area contributed by atoms with Crippen molar-refractivity contribution in [2.45, 2.75) is 18.9 Å². The Kier molecular flexibility index (Phi) is 4.00. The topological polar surface area (TPSA) is 78.0 Å². The van der Waals surface area contributed by atoms with Gasteiger partial charge < -0.3 is 14.6 Å². The van der Waals surface area contributed by atoms with E-state index in [1.165, 1.54) is 6.42 Å². The molecule has 7 nitrogen and oxygen atoms in total. The van der Waals surface area contributed by atoms with Crippen molar-refractivity contribution in [1.82, 2.24) is 25.2 Å². The van der Waals surface area contributed by atoms with E-state index >= 15 is 0 Å². The van der Waals surface area contributed by atoms with E-state index in [0.717, 1.165) is 30.8 Å². The minimum Gasteiger partial charge on any atom is -0.497 e. The van der Waals surface area contributed by atoms with Crippen molar-refractivity contribution in [3.8, 4) is 28.7 Å². The normalized spacial score (nSPS) is 17.8. The van der Waals surface area contributed by atoms with Gasteiger partial charge in [-0.05, 0) is 37.6 Å². The van der Waals surface area contributed by atoms with Crippen molar-refractivity contribution in [2.75, 3.05) is 20.2 Å². The highest BCUT2D eigenvalue weighted by molar-refractivity contribution is 5.59. The van der Waals surface area contributed by atoms with Crippen molar-refractivity contribution in [2.24, 2.45) is 0 Å². The molecule has 1 aromatic carbocycles. The maximum Gasteiger partial charge on any atom is 0.278 e. The molecule has 0 radical (unpaired) electrons. The quantitative estimate of drug-likeness (QED) is 0.794. The molecule has 4 rings (SSSR count). The van der Waals surface area contributed by atoms with Gasteiger partial charge in [0.15, 0.2) is 5.69 Å². The first-order valence-corrected chi connectivity index (χ1v) is 8.08. The van der Waals surface area contributed by atoms with Gasteiger partial charge in [0.1, 0.15) is 5.75 Å². The van der Waals surface area contributed by atoms with E-state index < -0.39 is 0 Å². The number of ether oxygens (including phenoxy) is 1. The highest BCUT2D eigenvalue weighted by Gasteiger charge is 2.18. The Morgan fingerprint density at radius 3 is 3.12 bits per heavy atom. The molecule has 0 spiro atoms. The molecule has 1 saturated heterocycles. The minimum atomic E-state index is 0.383. The van der Waals surface area contributed by atoms with Crippen LogP contribution < -0.4 is 10.1 Å². The van der Waals surface area contributed by atoms with Gasteiger partial charge >= 0.3 is 0 Å².